The number of urea groups is 2. The second kappa shape index (κ2) is 4.83. The van der Waals surface area contributed by atoms with E-state index in [-0.39, 0.29) is 18.1 Å². The first-order valence-corrected chi connectivity index (χ1v) is 7.96. The molecule has 0 bridgehead atoms. The van der Waals surface area contributed by atoms with Crippen LogP contribution in [0.3, 0.4) is 0 Å². The van der Waals surface area contributed by atoms with E-state index < -0.39 is 0 Å². The molecule has 2 aliphatic heterocycles. The van der Waals surface area contributed by atoms with Gasteiger partial charge in [-0.1, -0.05) is 11.3 Å². The Morgan fingerprint density at radius 1 is 1.33 bits per heavy atom. The second-order valence-corrected chi connectivity index (χ2v) is 6.64. The summed E-state index contributed by atoms with van der Waals surface area (Å²) in [5.74, 6) is 0.548. The summed E-state index contributed by atoms with van der Waals surface area (Å²) >= 11 is 1.46. The number of hydrogen-bond donors (Lipinski definition) is 2. The minimum atomic E-state index is -0.160. The van der Waals surface area contributed by atoms with E-state index >= 15 is 0 Å². The molecule has 21 heavy (non-hydrogen) atoms. The lowest BCUT2D eigenvalue weighted by Crippen LogP contribution is -2.54. The number of hydrogen-bond acceptors (Lipinski definition) is 5. The van der Waals surface area contributed by atoms with Crippen LogP contribution in [0.15, 0.2) is 0 Å². The van der Waals surface area contributed by atoms with E-state index in [0.29, 0.717) is 37.2 Å². The summed E-state index contributed by atoms with van der Waals surface area (Å²) in [6.45, 7) is 2.28. The molecule has 8 nitrogen and oxygen atoms in total. The van der Waals surface area contributed by atoms with Gasteiger partial charge in [-0.3, -0.25) is 5.32 Å². The maximum atomic E-state index is 12.3. The van der Waals surface area contributed by atoms with E-state index in [0.717, 1.165) is 5.01 Å². The molecule has 3 aliphatic rings. The van der Waals surface area contributed by atoms with Gasteiger partial charge in [0.15, 0.2) is 0 Å². The minimum Gasteiger partial charge on any atom is -0.336 e. The van der Waals surface area contributed by atoms with Crippen LogP contribution < -0.4 is 10.6 Å². The molecule has 1 aliphatic carbocycles. The topological polar surface area (TPSA) is 90.5 Å². The molecule has 1 atom stereocenters. The van der Waals surface area contributed by atoms with Crippen molar-refractivity contribution in [3.8, 4) is 0 Å². The van der Waals surface area contributed by atoms with Crippen LogP contribution in [0.1, 0.15) is 23.8 Å². The van der Waals surface area contributed by atoms with Crippen molar-refractivity contribution in [3.05, 3.63) is 5.01 Å². The molecular formula is C12H16N6O2S. The molecule has 0 unspecified atom stereocenters. The van der Waals surface area contributed by atoms with Crippen molar-refractivity contribution in [2.24, 2.45) is 0 Å². The van der Waals surface area contributed by atoms with Gasteiger partial charge < -0.3 is 15.1 Å². The Labute approximate surface area is 125 Å². The zero-order valence-electron chi connectivity index (χ0n) is 11.4. The van der Waals surface area contributed by atoms with Gasteiger partial charge in [-0.15, -0.1) is 10.2 Å². The van der Waals surface area contributed by atoms with Crippen LogP contribution in [-0.4, -0.2) is 64.3 Å². The van der Waals surface area contributed by atoms with Gasteiger partial charge in [0, 0.05) is 32.1 Å². The third kappa shape index (κ3) is 2.41. The van der Waals surface area contributed by atoms with Gasteiger partial charge in [0.1, 0.15) is 5.01 Å². The van der Waals surface area contributed by atoms with Crippen molar-refractivity contribution in [1.82, 2.24) is 25.3 Å². The average Bonchev–Trinajstić information content (AvgIpc) is 3.14. The number of aromatic nitrogens is 2. The molecule has 9 heteroatoms. The predicted octanol–water partition coefficient (Wildman–Crippen LogP) is 0.657. The molecule has 4 amide bonds. The number of rotatable bonds is 2. The van der Waals surface area contributed by atoms with Crippen molar-refractivity contribution in [2.75, 3.05) is 31.5 Å². The Balaban J connectivity index is 1.37. The Morgan fingerprint density at radius 2 is 2.19 bits per heavy atom. The highest BCUT2D eigenvalue weighted by molar-refractivity contribution is 7.15. The van der Waals surface area contributed by atoms with E-state index in [4.69, 9.17) is 0 Å². The number of carbonyl (C=O) groups excluding carboxylic acids is 2. The SMILES string of the molecule is O=C(Nc1nnc(C2CC2)s1)N1CCN2C(=O)NC[C@@H]2C1. The summed E-state index contributed by atoms with van der Waals surface area (Å²) < 4.78 is 0. The number of carbonyl (C=O) groups is 2. The van der Waals surface area contributed by atoms with Gasteiger partial charge in [0.25, 0.3) is 0 Å². The fourth-order valence-corrected chi connectivity index (χ4v) is 3.64. The number of nitrogens with zero attached hydrogens (tertiary/aromatic N) is 4. The summed E-state index contributed by atoms with van der Waals surface area (Å²) in [4.78, 5) is 27.3. The fourth-order valence-electron chi connectivity index (χ4n) is 2.74. The lowest BCUT2D eigenvalue weighted by atomic mass is 10.2. The van der Waals surface area contributed by atoms with Gasteiger partial charge in [-0.05, 0) is 12.8 Å². The third-order valence-electron chi connectivity index (χ3n) is 4.10. The fraction of sp³-hybridized carbons (Fsp3) is 0.667. The molecule has 0 radical (unpaired) electrons. The Morgan fingerprint density at radius 3 is 3.00 bits per heavy atom. The van der Waals surface area contributed by atoms with Crippen molar-refractivity contribution in [1.29, 1.82) is 0 Å². The highest BCUT2D eigenvalue weighted by Crippen LogP contribution is 2.42. The van der Waals surface area contributed by atoms with Crippen LogP contribution in [0.25, 0.3) is 0 Å². The molecule has 1 aromatic rings. The molecular weight excluding hydrogens is 292 g/mol. The number of amides is 4. The monoisotopic (exact) mass is 308 g/mol. The lowest BCUT2D eigenvalue weighted by Gasteiger charge is -2.36. The number of piperazine rings is 1. The quantitative estimate of drug-likeness (QED) is 0.839. The van der Waals surface area contributed by atoms with Crippen LogP contribution in [0.4, 0.5) is 14.7 Å². The molecule has 1 saturated carbocycles. The van der Waals surface area contributed by atoms with Gasteiger partial charge in [-0.2, -0.15) is 0 Å². The van der Waals surface area contributed by atoms with Gasteiger partial charge >= 0.3 is 12.1 Å². The summed E-state index contributed by atoms with van der Waals surface area (Å²) in [5, 5.41) is 15.3. The molecule has 2 N–H and O–H groups in total. The van der Waals surface area contributed by atoms with Crippen LogP contribution in [0, 0.1) is 0 Å². The first kappa shape index (κ1) is 12.8. The standard InChI is InChI=1S/C12H16N6O2S/c19-11-13-5-8-6-17(3-4-18(8)11)12(20)14-10-16-15-9(21-10)7-1-2-7/h7-8H,1-6H2,(H,13,19)(H,14,16,20)/t8-/m1/s1. The van der Waals surface area contributed by atoms with Crippen LogP contribution in [0.5, 0.6) is 0 Å². The van der Waals surface area contributed by atoms with E-state index in [1.807, 2.05) is 0 Å². The Hall–Kier alpha value is -1.90. The predicted molar refractivity (Wildman–Crippen MR) is 76.4 cm³/mol. The third-order valence-corrected chi connectivity index (χ3v) is 5.10. The van der Waals surface area contributed by atoms with Crippen molar-refractivity contribution in [2.45, 2.75) is 24.8 Å². The van der Waals surface area contributed by atoms with Crippen LogP contribution in [-0.2, 0) is 0 Å². The van der Waals surface area contributed by atoms with E-state index in [9.17, 15) is 9.59 Å². The molecule has 4 rings (SSSR count). The first-order chi connectivity index (χ1) is 10.2. The number of anilines is 1. The van der Waals surface area contributed by atoms with E-state index in [2.05, 4.69) is 20.8 Å². The van der Waals surface area contributed by atoms with Gasteiger partial charge in [0.2, 0.25) is 5.13 Å². The van der Waals surface area contributed by atoms with Crippen LogP contribution in [0.2, 0.25) is 0 Å². The zero-order chi connectivity index (χ0) is 14.4. The highest BCUT2D eigenvalue weighted by Gasteiger charge is 2.37. The molecule has 0 aromatic carbocycles. The summed E-state index contributed by atoms with van der Waals surface area (Å²) in [7, 11) is 0. The van der Waals surface area contributed by atoms with Crippen molar-refractivity contribution < 1.29 is 9.59 Å². The molecule has 1 aromatic heterocycles. The van der Waals surface area contributed by atoms with Gasteiger partial charge in [-0.25, -0.2) is 9.59 Å². The average molecular weight is 308 g/mol. The molecule has 3 heterocycles. The molecule has 0 spiro atoms. The van der Waals surface area contributed by atoms with E-state index in [1.54, 1.807) is 9.80 Å². The Kier molecular flexibility index (Phi) is 2.95. The molecule has 2 saturated heterocycles. The Bertz CT molecular complexity index is 586. The van der Waals surface area contributed by atoms with Gasteiger partial charge in [0.05, 0.1) is 6.04 Å². The first-order valence-electron chi connectivity index (χ1n) is 7.14. The normalized spacial score (nSPS) is 24.8. The number of fused-ring (bicyclic) bond motifs is 1. The maximum absolute atomic E-state index is 12.3. The zero-order valence-corrected chi connectivity index (χ0v) is 12.2. The van der Waals surface area contributed by atoms with E-state index in [1.165, 1.54) is 24.2 Å². The maximum Gasteiger partial charge on any atom is 0.323 e. The van der Waals surface area contributed by atoms with Crippen molar-refractivity contribution in [3.63, 3.8) is 0 Å². The lowest BCUT2D eigenvalue weighted by molar-refractivity contribution is 0.136. The molecule has 112 valence electrons. The largest absolute Gasteiger partial charge is 0.336 e. The summed E-state index contributed by atoms with van der Waals surface area (Å²) in [6, 6.07) is -0.112. The molecule has 3 fully saturated rings. The number of nitrogens with one attached hydrogen (secondary N) is 2. The summed E-state index contributed by atoms with van der Waals surface area (Å²) in [5.41, 5.74) is 0. The highest BCUT2D eigenvalue weighted by atomic mass is 32.1. The minimum absolute atomic E-state index is 0.0294. The smallest absolute Gasteiger partial charge is 0.323 e. The van der Waals surface area contributed by atoms with Crippen molar-refractivity contribution >= 4 is 28.5 Å². The van der Waals surface area contributed by atoms with Crippen LogP contribution >= 0.6 is 11.3 Å². The summed E-state index contributed by atoms with van der Waals surface area (Å²) in [6.07, 6.45) is 2.35. The second-order valence-electron chi connectivity index (χ2n) is 5.63.